The average molecular weight is 567 g/mol. The van der Waals surface area contributed by atoms with Gasteiger partial charge in [0.25, 0.3) is 5.91 Å². The van der Waals surface area contributed by atoms with Crippen molar-refractivity contribution in [2.75, 3.05) is 5.32 Å². The largest absolute Gasteiger partial charge is 0.480 e. The molecule has 1 heterocycles. The molecule has 0 bridgehead atoms. The second kappa shape index (κ2) is 11.9. The Labute approximate surface area is 239 Å². The maximum atomic E-state index is 13.5. The molecule has 208 valence electrons. The molecule has 0 radical (unpaired) electrons. The Bertz CT molecular complexity index is 1760. The van der Waals surface area contributed by atoms with Crippen molar-refractivity contribution >= 4 is 11.6 Å². The van der Waals surface area contributed by atoms with Crippen LogP contribution in [0, 0.1) is 23.5 Å². The lowest BCUT2D eigenvalue weighted by molar-refractivity contribution is -0.141. The summed E-state index contributed by atoms with van der Waals surface area (Å²) in [6.07, 6.45) is -5.98. The Morgan fingerprint density at radius 2 is 1.83 bits per heavy atom. The number of aromatic nitrogens is 2. The number of anilines is 1. The zero-order valence-electron chi connectivity index (χ0n) is 21.8. The monoisotopic (exact) mass is 566 g/mol. The number of ether oxygens (including phenoxy) is 1. The molecule has 0 aliphatic heterocycles. The average Bonchev–Trinajstić information content (AvgIpc) is 3.47. The molecule has 4 aromatic carbocycles. The number of halogens is 3. The van der Waals surface area contributed by atoms with E-state index in [1.807, 2.05) is 36.4 Å². The number of benzene rings is 3. The van der Waals surface area contributed by atoms with Crippen molar-refractivity contribution in [2.45, 2.75) is 18.9 Å². The molecule has 5 rings (SSSR count). The summed E-state index contributed by atoms with van der Waals surface area (Å²) >= 11 is 0. The number of hydrogen-bond acceptors (Lipinski definition) is 5. The molecule has 1 amide bonds. The van der Waals surface area contributed by atoms with Crippen LogP contribution in [-0.4, -0.2) is 20.8 Å². The Balaban J connectivity index is 1.40. The summed E-state index contributed by atoms with van der Waals surface area (Å²) in [6.45, 7) is 0.246. The van der Waals surface area contributed by atoms with Crippen molar-refractivity contribution in [3.8, 4) is 17.5 Å². The molecule has 7 nitrogen and oxygen atoms in total. The van der Waals surface area contributed by atoms with E-state index in [4.69, 9.17) is 4.74 Å². The third-order valence-corrected chi connectivity index (χ3v) is 6.23. The molecule has 42 heavy (non-hydrogen) atoms. The second-order valence-electron chi connectivity index (χ2n) is 9.13. The minimum absolute atomic E-state index is 0.110. The lowest BCUT2D eigenvalue weighted by Gasteiger charge is -2.16. The quantitative estimate of drug-likeness (QED) is 0.230. The van der Waals surface area contributed by atoms with Crippen molar-refractivity contribution in [2.24, 2.45) is 0 Å². The summed E-state index contributed by atoms with van der Waals surface area (Å²) in [5.41, 5.74) is 0.592. The number of carbonyl (C=O) groups is 1. The van der Waals surface area contributed by atoms with Crippen LogP contribution in [0.25, 0.3) is 5.69 Å². The first kappa shape index (κ1) is 28.0. The fourth-order valence-corrected chi connectivity index (χ4v) is 4.20. The van der Waals surface area contributed by atoms with Crippen LogP contribution in [0.3, 0.4) is 0 Å². The predicted molar refractivity (Wildman–Crippen MR) is 147 cm³/mol. The number of nitrogens with one attached hydrogen (secondary N) is 1. The van der Waals surface area contributed by atoms with Crippen LogP contribution in [-0.2, 0) is 12.8 Å². The Morgan fingerprint density at radius 1 is 1.05 bits per heavy atom. The van der Waals surface area contributed by atoms with Crippen LogP contribution >= 0.6 is 0 Å². The van der Waals surface area contributed by atoms with Crippen LogP contribution in [0.2, 0.25) is 0 Å². The van der Waals surface area contributed by atoms with E-state index in [0.717, 1.165) is 10.2 Å². The van der Waals surface area contributed by atoms with Gasteiger partial charge in [-0.15, -0.1) is 0 Å². The topological polar surface area (TPSA) is 100 Å². The number of carbonyl (C=O) groups excluding carboxylic acids is 1. The van der Waals surface area contributed by atoms with Crippen molar-refractivity contribution < 1.29 is 27.8 Å². The Morgan fingerprint density at radius 3 is 2.60 bits per heavy atom. The Hall–Kier alpha value is -5.58. The molecule has 10 heteroatoms. The first-order valence-electron chi connectivity index (χ1n) is 12.6. The third-order valence-electron chi connectivity index (χ3n) is 6.23. The van der Waals surface area contributed by atoms with E-state index < -0.39 is 29.6 Å². The molecule has 0 spiro atoms. The number of nitriles is 1. The van der Waals surface area contributed by atoms with Crippen molar-refractivity contribution in [1.82, 2.24) is 9.78 Å². The van der Waals surface area contributed by atoms with E-state index in [-0.39, 0.29) is 23.5 Å². The highest BCUT2D eigenvalue weighted by Crippen LogP contribution is 2.32. The SMILES string of the molecule is N#Cc1cccc(-n2nc(C(F)(F)F)cc2C(=O)Nc2cccc(C(O)c3ccc#cc3OCc3ccccc3)c2)c1. The van der Waals surface area contributed by atoms with Gasteiger partial charge >= 0.3 is 6.18 Å². The van der Waals surface area contributed by atoms with Gasteiger partial charge in [0.05, 0.1) is 17.3 Å². The van der Waals surface area contributed by atoms with Gasteiger partial charge < -0.3 is 15.2 Å². The minimum Gasteiger partial charge on any atom is -0.480 e. The van der Waals surface area contributed by atoms with Gasteiger partial charge in [-0.05, 0) is 59.7 Å². The fraction of sp³-hybridized carbons (Fsp3) is 0.0938. The maximum absolute atomic E-state index is 13.5. The number of amides is 1. The maximum Gasteiger partial charge on any atom is 0.435 e. The molecular formula is C32H21F3N4O3. The molecule has 2 N–H and O–H groups in total. The van der Waals surface area contributed by atoms with Gasteiger partial charge in [0, 0.05) is 17.3 Å². The van der Waals surface area contributed by atoms with Crippen molar-refractivity contribution in [3.63, 3.8) is 0 Å². The van der Waals surface area contributed by atoms with Gasteiger partial charge in [-0.2, -0.15) is 23.5 Å². The number of hydrogen-bond donors (Lipinski definition) is 2. The molecule has 5 aromatic rings. The highest BCUT2D eigenvalue weighted by Gasteiger charge is 2.36. The molecule has 0 saturated heterocycles. The number of aliphatic hydroxyl groups is 1. The molecule has 1 unspecified atom stereocenters. The van der Waals surface area contributed by atoms with Crippen LogP contribution in [0.15, 0.2) is 97.1 Å². The summed E-state index contributed by atoms with van der Waals surface area (Å²) in [6, 6.07) is 32.9. The van der Waals surface area contributed by atoms with Gasteiger partial charge in [-0.25, -0.2) is 4.68 Å². The van der Waals surface area contributed by atoms with E-state index in [9.17, 15) is 28.3 Å². The lowest BCUT2D eigenvalue weighted by Crippen LogP contribution is -2.17. The van der Waals surface area contributed by atoms with Crippen LogP contribution in [0.4, 0.5) is 18.9 Å². The summed E-state index contributed by atoms with van der Waals surface area (Å²) in [7, 11) is 0. The van der Waals surface area contributed by atoms with Gasteiger partial charge in [-0.1, -0.05) is 54.6 Å². The summed E-state index contributed by atoms with van der Waals surface area (Å²) in [5, 5.41) is 26.6. The fourth-order valence-electron chi connectivity index (χ4n) is 4.20. The molecule has 1 aromatic heterocycles. The zero-order valence-corrected chi connectivity index (χ0v) is 21.8. The van der Waals surface area contributed by atoms with E-state index in [2.05, 4.69) is 22.5 Å². The highest BCUT2D eigenvalue weighted by atomic mass is 19.4. The highest BCUT2D eigenvalue weighted by molar-refractivity contribution is 6.03. The van der Waals surface area contributed by atoms with Crippen LogP contribution in [0.1, 0.15) is 44.5 Å². The molecule has 0 fully saturated rings. The first-order chi connectivity index (χ1) is 20.2. The van der Waals surface area contributed by atoms with Gasteiger partial charge in [0.1, 0.15) is 18.4 Å². The van der Waals surface area contributed by atoms with Gasteiger partial charge in [-0.3, -0.25) is 4.79 Å². The van der Waals surface area contributed by atoms with Gasteiger partial charge in [0.2, 0.25) is 0 Å². The molecule has 1 atom stereocenters. The smallest absolute Gasteiger partial charge is 0.435 e. The zero-order chi connectivity index (χ0) is 29.7. The van der Waals surface area contributed by atoms with Crippen molar-refractivity contribution in [1.29, 1.82) is 5.26 Å². The number of rotatable bonds is 8. The number of aliphatic hydroxyl groups excluding tert-OH is 1. The Kier molecular flexibility index (Phi) is 7.91. The molecule has 0 aliphatic carbocycles. The van der Waals surface area contributed by atoms with Crippen molar-refractivity contribution in [3.05, 3.63) is 143 Å². The van der Waals surface area contributed by atoms with Crippen LogP contribution < -0.4 is 10.1 Å². The van der Waals surface area contributed by atoms with E-state index in [1.165, 1.54) is 36.4 Å². The van der Waals surface area contributed by atoms with Gasteiger partial charge in [0.15, 0.2) is 11.4 Å². The third kappa shape index (κ3) is 6.25. The molecule has 0 saturated carbocycles. The van der Waals surface area contributed by atoms with E-state index in [1.54, 1.807) is 24.3 Å². The first-order valence-corrected chi connectivity index (χ1v) is 12.6. The number of nitrogens with zero attached hydrogens (tertiary/aromatic N) is 3. The lowest BCUT2D eigenvalue weighted by atomic mass is 10.0. The number of alkyl halides is 3. The summed E-state index contributed by atoms with van der Waals surface area (Å²) in [4.78, 5) is 13.2. The predicted octanol–water partition coefficient (Wildman–Crippen LogP) is 6.28. The minimum atomic E-state index is -4.80. The second-order valence-corrected chi connectivity index (χ2v) is 9.13. The van der Waals surface area contributed by atoms with E-state index in [0.29, 0.717) is 22.9 Å². The molecule has 0 aliphatic rings. The molecular weight excluding hydrogens is 545 g/mol. The van der Waals surface area contributed by atoms with Crippen LogP contribution in [0.5, 0.6) is 5.75 Å². The van der Waals surface area contributed by atoms with E-state index >= 15 is 0 Å². The summed E-state index contributed by atoms with van der Waals surface area (Å²) < 4.78 is 47.3. The standard InChI is InChI=1S/C32H21F3N4O3/c33-32(34,35)29-18-27(39(38-29)25-13-6-10-22(16-25)19-36)31(41)37-24-12-7-11-23(17-24)30(40)26-14-4-5-15-28(26)42-20-21-8-2-1-3-9-21/h1-4,6-14,16-18,30,40H,20H2,(H,37,41). The normalized spacial score (nSPS) is 11.7. The summed E-state index contributed by atoms with van der Waals surface area (Å²) in [5.74, 6) is -0.576.